The minimum absolute atomic E-state index is 0.0675. The summed E-state index contributed by atoms with van der Waals surface area (Å²) < 4.78 is 32.2. The molecule has 2 aliphatic rings. The van der Waals surface area contributed by atoms with Gasteiger partial charge in [0.15, 0.2) is 0 Å². The zero-order chi connectivity index (χ0) is 24.4. The fourth-order valence-corrected chi connectivity index (χ4v) is 6.46. The minimum atomic E-state index is -3.52. The van der Waals surface area contributed by atoms with Gasteiger partial charge in [0.25, 0.3) is 0 Å². The first kappa shape index (κ1) is 23.9. The molecule has 1 amide bonds. The molecule has 1 saturated heterocycles. The topological polar surface area (TPSA) is 91.8 Å². The second kappa shape index (κ2) is 10.1. The van der Waals surface area contributed by atoms with E-state index < -0.39 is 10.0 Å². The average Bonchev–Trinajstić information content (AvgIpc) is 3.49. The molecule has 0 bridgehead atoms. The SMILES string of the molecule is Cc1nc(-c2ccc3c(c2)CCN3CC(=O)NCc2ccc(S(=O)(=O)N3CCOCC3)cc2)cs1. The Morgan fingerprint density at radius 3 is 2.60 bits per heavy atom. The molecule has 5 rings (SSSR count). The van der Waals surface area contributed by atoms with Crippen LogP contribution in [0.1, 0.15) is 16.1 Å². The maximum Gasteiger partial charge on any atom is 0.243 e. The second-order valence-electron chi connectivity index (χ2n) is 8.70. The van der Waals surface area contributed by atoms with Crippen LogP contribution < -0.4 is 10.2 Å². The number of thiazole rings is 1. The third-order valence-electron chi connectivity index (χ3n) is 6.34. The van der Waals surface area contributed by atoms with Crippen LogP contribution in [0.2, 0.25) is 0 Å². The van der Waals surface area contributed by atoms with Crippen molar-refractivity contribution in [2.45, 2.75) is 24.8 Å². The maximum atomic E-state index is 12.8. The van der Waals surface area contributed by atoms with Crippen molar-refractivity contribution in [3.8, 4) is 11.3 Å². The number of hydrogen-bond acceptors (Lipinski definition) is 7. The molecule has 2 aliphatic heterocycles. The van der Waals surface area contributed by atoms with Crippen molar-refractivity contribution >= 4 is 33.0 Å². The van der Waals surface area contributed by atoms with E-state index in [1.54, 1.807) is 35.6 Å². The van der Waals surface area contributed by atoms with Crippen molar-refractivity contribution in [1.82, 2.24) is 14.6 Å². The number of anilines is 1. The van der Waals surface area contributed by atoms with Crippen LogP contribution in [0, 0.1) is 6.92 Å². The van der Waals surface area contributed by atoms with Crippen LogP contribution in [0.15, 0.2) is 52.7 Å². The first-order valence-corrected chi connectivity index (χ1v) is 14.0. The Morgan fingerprint density at radius 1 is 1.11 bits per heavy atom. The van der Waals surface area contributed by atoms with Crippen LogP contribution in [0.3, 0.4) is 0 Å². The number of aromatic nitrogens is 1. The van der Waals surface area contributed by atoms with Gasteiger partial charge in [0.1, 0.15) is 0 Å². The molecule has 0 spiro atoms. The summed E-state index contributed by atoms with van der Waals surface area (Å²) in [5, 5.41) is 6.07. The average molecular weight is 513 g/mol. The van der Waals surface area contributed by atoms with Gasteiger partial charge in [-0.1, -0.05) is 18.2 Å². The molecule has 2 aromatic carbocycles. The van der Waals surface area contributed by atoms with Gasteiger partial charge in [0, 0.05) is 42.8 Å². The van der Waals surface area contributed by atoms with Crippen molar-refractivity contribution in [3.63, 3.8) is 0 Å². The Balaban J connectivity index is 1.16. The number of aryl methyl sites for hydroxylation is 1. The van der Waals surface area contributed by atoms with Gasteiger partial charge in [0.2, 0.25) is 15.9 Å². The van der Waals surface area contributed by atoms with Crippen molar-refractivity contribution < 1.29 is 17.9 Å². The van der Waals surface area contributed by atoms with E-state index in [4.69, 9.17) is 4.74 Å². The van der Waals surface area contributed by atoms with Crippen LogP contribution in [-0.2, 0) is 32.5 Å². The van der Waals surface area contributed by atoms with Gasteiger partial charge in [-0.05, 0) is 48.7 Å². The second-order valence-corrected chi connectivity index (χ2v) is 11.7. The quantitative estimate of drug-likeness (QED) is 0.524. The number of fused-ring (bicyclic) bond motifs is 1. The summed E-state index contributed by atoms with van der Waals surface area (Å²) in [5.41, 5.74) is 5.28. The number of nitrogens with one attached hydrogen (secondary N) is 1. The van der Waals surface area contributed by atoms with E-state index >= 15 is 0 Å². The summed E-state index contributed by atoms with van der Waals surface area (Å²) >= 11 is 1.64. The summed E-state index contributed by atoms with van der Waals surface area (Å²) in [6.45, 7) is 5.00. The summed E-state index contributed by atoms with van der Waals surface area (Å²) in [5.74, 6) is -0.0675. The normalized spacial score (nSPS) is 16.3. The molecule has 3 aromatic rings. The number of ether oxygens (including phenoxy) is 1. The Kier molecular flexibility index (Phi) is 6.88. The summed E-state index contributed by atoms with van der Waals surface area (Å²) in [6.07, 6.45) is 0.901. The lowest BCUT2D eigenvalue weighted by Crippen LogP contribution is -2.40. The first-order valence-electron chi connectivity index (χ1n) is 11.6. The molecule has 1 aromatic heterocycles. The molecule has 0 aliphatic carbocycles. The standard InChI is InChI=1S/C25H28N4O4S2/c1-18-27-23(17-34-18)20-4-7-24-21(14-20)8-9-28(24)16-25(30)26-15-19-2-5-22(6-3-19)35(31,32)29-10-12-33-13-11-29/h2-7,14,17H,8-13,15-16H2,1H3,(H,26,30). The number of nitrogens with zero attached hydrogens (tertiary/aromatic N) is 3. The Hall–Kier alpha value is -2.79. The fraction of sp³-hybridized carbons (Fsp3) is 0.360. The Bertz CT molecular complexity index is 1320. The van der Waals surface area contributed by atoms with Crippen LogP contribution in [0.4, 0.5) is 5.69 Å². The van der Waals surface area contributed by atoms with Crippen molar-refractivity contribution in [2.75, 3.05) is 44.3 Å². The van der Waals surface area contributed by atoms with Gasteiger partial charge in [-0.2, -0.15) is 4.31 Å². The molecule has 0 radical (unpaired) electrons. The number of amides is 1. The zero-order valence-electron chi connectivity index (χ0n) is 19.6. The Morgan fingerprint density at radius 2 is 1.89 bits per heavy atom. The van der Waals surface area contributed by atoms with Crippen molar-refractivity contribution in [3.05, 3.63) is 64.0 Å². The zero-order valence-corrected chi connectivity index (χ0v) is 21.2. The van der Waals surface area contributed by atoms with Gasteiger partial charge in [-0.25, -0.2) is 13.4 Å². The molecule has 8 nitrogen and oxygen atoms in total. The van der Waals surface area contributed by atoms with E-state index in [2.05, 4.69) is 38.8 Å². The molecule has 184 valence electrons. The van der Waals surface area contributed by atoms with Crippen LogP contribution in [0.25, 0.3) is 11.3 Å². The summed E-state index contributed by atoms with van der Waals surface area (Å²) in [7, 11) is -3.52. The number of hydrogen-bond donors (Lipinski definition) is 1. The van der Waals surface area contributed by atoms with Crippen LogP contribution >= 0.6 is 11.3 Å². The number of morpholine rings is 1. The molecule has 10 heteroatoms. The predicted octanol–water partition coefficient (Wildman–Crippen LogP) is 2.82. The number of carbonyl (C=O) groups excluding carboxylic acids is 1. The van der Waals surface area contributed by atoms with Crippen LogP contribution in [0.5, 0.6) is 0 Å². The highest BCUT2D eigenvalue weighted by Gasteiger charge is 2.26. The highest BCUT2D eigenvalue weighted by atomic mass is 32.2. The highest BCUT2D eigenvalue weighted by Crippen LogP contribution is 2.32. The molecular formula is C25H28N4O4S2. The number of carbonyl (C=O) groups is 1. The van der Waals surface area contributed by atoms with E-state index in [0.717, 1.165) is 40.5 Å². The third kappa shape index (κ3) is 5.25. The van der Waals surface area contributed by atoms with E-state index in [1.165, 1.54) is 9.87 Å². The van der Waals surface area contributed by atoms with Crippen LogP contribution in [-0.4, -0.2) is 63.0 Å². The summed E-state index contributed by atoms with van der Waals surface area (Å²) in [6, 6.07) is 13.0. The highest BCUT2D eigenvalue weighted by molar-refractivity contribution is 7.89. The van der Waals surface area contributed by atoms with Gasteiger partial charge < -0.3 is 15.0 Å². The van der Waals surface area contributed by atoms with Gasteiger partial charge >= 0.3 is 0 Å². The molecular weight excluding hydrogens is 484 g/mol. The van der Waals surface area contributed by atoms with E-state index in [0.29, 0.717) is 32.8 Å². The van der Waals surface area contributed by atoms with E-state index in [-0.39, 0.29) is 17.3 Å². The largest absolute Gasteiger partial charge is 0.379 e. The van der Waals surface area contributed by atoms with Gasteiger partial charge in [0.05, 0.1) is 35.4 Å². The molecule has 1 fully saturated rings. The maximum absolute atomic E-state index is 12.8. The Labute approximate surface area is 209 Å². The van der Waals surface area contributed by atoms with Gasteiger partial charge in [-0.15, -0.1) is 11.3 Å². The number of rotatable bonds is 7. The van der Waals surface area contributed by atoms with Crippen molar-refractivity contribution in [1.29, 1.82) is 0 Å². The first-order chi connectivity index (χ1) is 16.9. The molecule has 0 unspecified atom stereocenters. The fourth-order valence-electron chi connectivity index (χ4n) is 4.43. The number of sulfonamides is 1. The minimum Gasteiger partial charge on any atom is -0.379 e. The monoisotopic (exact) mass is 512 g/mol. The molecule has 3 heterocycles. The third-order valence-corrected chi connectivity index (χ3v) is 9.03. The van der Waals surface area contributed by atoms with Crippen molar-refractivity contribution in [2.24, 2.45) is 0 Å². The molecule has 35 heavy (non-hydrogen) atoms. The smallest absolute Gasteiger partial charge is 0.243 e. The predicted molar refractivity (Wildman–Crippen MR) is 136 cm³/mol. The molecule has 0 saturated carbocycles. The van der Waals surface area contributed by atoms with E-state index in [1.807, 2.05) is 6.92 Å². The lowest BCUT2D eigenvalue weighted by Gasteiger charge is -2.26. The number of benzene rings is 2. The molecule has 0 atom stereocenters. The summed E-state index contributed by atoms with van der Waals surface area (Å²) in [4.78, 5) is 19.6. The molecule has 1 N–H and O–H groups in total. The van der Waals surface area contributed by atoms with Gasteiger partial charge in [-0.3, -0.25) is 4.79 Å². The lowest BCUT2D eigenvalue weighted by atomic mass is 10.1. The lowest BCUT2D eigenvalue weighted by molar-refractivity contribution is -0.119. The van der Waals surface area contributed by atoms with E-state index in [9.17, 15) is 13.2 Å².